The number of rotatable bonds is 9. The Balaban J connectivity index is 1.69. The van der Waals surface area contributed by atoms with Crippen LogP contribution < -0.4 is 0 Å². The van der Waals surface area contributed by atoms with Crippen molar-refractivity contribution in [2.75, 3.05) is 11.5 Å². The van der Waals surface area contributed by atoms with Crippen LogP contribution in [0.2, 0.25) is 0 Å². The third-order valence-electron chi connectivity index (χ3n) is 9.68. The van der Waals surface area contributed by atoms with Crippen LogP contribution in [-0.4, -0.2) is 42.5 Å². The predicted octanol–water partition coefficient (Wildman–Crippen LogP) is 9.03. The van der Waals surface area contributed by atoms with Crippen molar-refractivity contribution in [3.63, 3.8) is 0 Å². The standard InChI is InChI=1S/C39H48N2O4S/c1-24(2)20-32(25(3)4)34-15-12-30-22-31(13-14-33(30)40-34)38-37(29-10-8-7-9-11-29)27(6)35(21-26(5)39(43)44)41(38)23-36(42)28-16-18-46(45)19-17-28/h12-15,20-22,28-29H,7-11,16-19,23H2,1-6H3,(H,43,44)/b26-21+. The topological polar surface area (TPSA) is 95.2 Å². The maximum Gasteiger partial charge on any atom is 0.331 e. The fourth-order valence-corrected chi connectivity index (χ4v) is 8.49. The summed E-state index contributed by atoms with van der Waals surface area (Å²) in [6, 6.07) is 10.6. The molecule has 2 aromatic heterocycles. The lowest BCUT2D eigenvalue weighted by Crippen LogP contribution is -2.30. The van der Waals surface area contributed by atoms with Gasteiger partial charge in [-0.15, -0.1) is 0 Å². The van der Waals surface area contributed by atoms with Crippen molar-refractivity contribution in [2.24, 2.45) is 5.92 Å². The van der Waals surface area contributed by atoms with Gasteiger partial charge in [-0.3, -0.25) is 4.79 Å². The zero-order valence-electron chi connectivity index (χ0n) is 28.2. The van der Waals surface area contributed by atoms with Crippen molar-refractivity contribution in [3.8, 4) is 11.3 Å². The van der Waals surface area contributed by atoms with E-state index in [0.717, 1.165) is 70.4 Å². The van der Waals surface area contributed by atoms with E-state index >= 15 is 0 Å². The third kappa shape index (κ3) is 7.42. The lowest BCUT2D eigenvalue weighted by atomic mass is 9.81. The van der Waals surface area contributed by atoms with Crippen molar-refractivity contribution in [1.82, 2.24) is 9.55 Å². The van der Waals surface area contributed by atoms with Crippen LogP contribution in [0.1, 0.15) is 108 Å². The minimum Gasteiger partial charge on any atom is -0.616 e. The summed E-state index contributed by atoms with van der Waals surface area (Å²) >= 11 is -0.848. The maximum atomic E-state index is 13.9. The number of fused-ring (bicyclic) bond motifs is 1. The summed E-state index contributed by atoms with van der Waals surface area (Å²) in [5.41, 5.74) is 10.8. The van der Waals surface area contributed by atoms with Gasteiger partial charge in [-0.25, -0.2) is 9.78 Å². The highest BCUT2D eigenvalue weighted by atomic mass is 32.2. The van der Waals surface area contributed by atoms with Crippen LogP contribution in [0.15, 0.2) is 53.1 Å². The van der Waals surface area contributed by atoms with Gasteiger partial charge in [0, 0.05) is 35.4 Å². The van der Waals surface area contributed by atoms with Crippen LogP contribution in [-0.2, 0) is 27.3 Å². The van der Waals surface area contributed by atoms with E-state index in [0.29, 0.717) is 30.3 Å². The zero-order chi connectivity index (χ0) is 33.1. The number of benzene rings is 1. The van der Waals surface area contributed by atoms with Crippen LogP contribution in [0.3, 0.4) is 0 Å². The van der Waals surface area contributed by atoms with E-state index in [2.05, 4.69) is 75.6 Å². The fraction of sp³-hybridized carbons (Fsp3) is 0.462. The van der Waals surface area contributed by atoms with Crippen molar-refractivity contribution in [3.05, 3.63) is 75.6 Å². The molecule has 1 aliphatic carbocycles. The molecule has 2 fully saturated rings. The molecule has 1 aromatic carbocycles. The summed E-state index contributed by atoms with van der Waals surface area (Å²) in [5.74, 6) is 0.502. The van der Waals surface area contributed by atoms with Gasteiger partial charge >= 0.3 is 5.97 Å². The Hall–Kier alpha value is -3.42. The molecule has 7 heteroatoms. The number of aliphatic carboxylic acids is 1. The number of allylic oxidation sites excluding steroid dienone is 4. The molecule has 1 N–H and O–H groups in total. The molecule has 2 aliphatic rings. The van der Waals surface area contributed by atoms with E-state index in [1.807, 2.05) is 0 Å². The lowest BCUT2D eigenvalue weighted by molar-refractivity contribution is -0.132. The largest absolute Gasteiger partial charge is 0.616 e. The number of Topliss-reactive ketones (excluding diaryl/α,β-unsaturated/α-hetero) is 1. The Bertz CT molecular complexity index is 1720. The van der Waals surface area contributed by atoms with Gasteiger partial charge in [0.1, 0.15) is 11.5 Å². The molecule has 0 radical (unpaired) electrons. The second-order valence-corrected chi connectivity index (χ2v) is 15.4. The van der Waals surface area contributed by atoms with Crippen molar-refractivity contribution in [2.45, 2.75) is 99.0 Å². The fourth-order valence-electron chi connectivity index (χ4n) is 7.19. The highest BCUT2D eigenvalue weighted by Crippen LogP contribution is 2.44. The quantitative estimate of drug-likeness (QED) is 0.143. The number of carboxylic acid groups (broad SMARTS) is 1. The predicted molar refractivity (Wildman–Crippen MR) is 190 cm³/mol. The van der Waals surface area contributed by atoms with Gasteiger partial charge in [0.25, 0.3) is 0 Å². The molecule has 0 bridgehead atoms. The number of hydrogen-bond donors (Lipinski definition) is 1. The molecular formula is C39H48N2O4S. The van der Waals surface area contributed by atoms with Gasteiger partial charge in [0.15, 0.2) is 5.78 Å². The number of carbonyl (C=O) groups is 2. The Morgan fingerprint density at radius 2 is 1.70 bits per heavy atom. The third-order valence-corrected chi connectivity index (χ3v) is 11.1. The summed E-state index contributed by atoms with van der Waals surface area (Å²) in [6.07, 6.45) is 10.9. The van der Waals surface area contributed by atoms with Crippen molar-refractivity contribution >= 4 is 45.5 Å². The van der Waals surface area contributed by atoms with Crippen LogP contribution >= 0.6 is 0 Å². The van der Waals surface area contributed by atoms with Crippen LogP contribution in [0, 0.1) is 12.8 Å². The van der Waals surface area contributed by atoms with Crippen LogP contribution in [0.25, 0.3) is 33.8 Å². The summed E-state index contributed by atoms with van der Waals surface area (Å²) < 4.78 is 14.2. The van der Waals surface area contributed by atoms with Gasteiger partial charge in [0.05, 0.1) is 23.4 Å². The average molecular weight is 641 g/mol. The summed E-state index contributed by atoms with van der Waals surface area (Å²) in [5, 5.41) is 10.9. The van der Waals surface area contributed by atoms with E-state index in [-0.39, 0.29) is 23.8 Å². The molecule has 0 spiro atoms. The Kier molecular flexibility index (Phi) is 10.7. The second kappa shape index (κ2) is 14.6. The molecule has 46 heavy (non-hydrogen) atoms. The number of ketones is 1. The van der Waals surface area contributed by atoms with Gasteiger partial charge in [-0.1, -0.05) is 59.8 Å². The SMILES string of the molecule is CC(C)=CC(=C(C)C)c1ccc2cc(-c3c(C4CCCCC4)c(C)c(/C=C(\C)C(=O)O)n3CC(=O)C3CC[S+]([O-])CC3)ccc2n1. The monoisotopic (exact) mass is 640 g/mol. The molecule has 6 nitrogen and oxygen atoms in total. The molecule has 3 aromatic rings. The molecule has 0 amide bonds. The van der Waals surface area contributed by atoms with E-state index in [1.165, 1.54) is 23.1 Å². The number of carbonyl (C=O) groups excluding carboxylic acids is 1. The molecule has 0 atom stereocenters. The zero-order valence-corrected chi connectivity index (χ0v) is 29.1. The smallest absolute Gasteiger partial charge is 0.331 e. The number of carboxylic acids is 1. The lowest BCUT2D eigenvalue weighted by Gasteiger charge is -2.25. The van der Waals surface area contributed by atoms with Crippen molar-refractivity contribution in [1.29, 1.82) is 0 Å². The minimum absolute atomic E-state index is 0.131. The Labute approximate surface area is 276 Å². The molecular weight excluding hydrogens is 593 g/mol. The van der Waals surface area contributed by atoms with E-state index in [9.17, 15) is 19.2 Å². The van der Waals surface area contributed by atoms with E-state index in [1.54, 1.807) is 13.0 Å². The second-order valence-electron chi connectivity index (χ2n) is 13.7. The van der Waals surface area contributed by atoms with Crippen molar-refractivity contribution < 1.29 is 19.2 Å². The Morgan fingerprint density at radius 3 is 2.33 bits per heavy atom. The number of pyridine rings is 1. The first kappa shape index (κ1) is 33.9. The van der Waals surface area contributed by atoms with Crippen LogP contribution in [0.4, 0.5) is 0 Å². The summed E-state index contributed by atoms with van der Waals surface area (Å²) in [7, 11) is 0. The van der Waals surface area contributed by atoms with Gasteiger partial charge < -0.3 is 14.2 Å². The normalized spacial score (nSPS) is 19.2. The number of hydrogen-bond acceptors (Lipinski definition) is 4. The Morgan fingerprint density at radius 1 is 1.00 bits per heavy atom. The maximum absolute atomic E-state index is 13.9. The van der Waals surface area contributed by atoms with Gasteiger partial charge in [-0.2, -0.15) is 0 Å². The van der Waals surface area contributed by atoms with Gasteiger partial charge in [-0.05, 0) is 107 Å². The van der Waals surface area contributed by atoms with E-state index in [4.69, 9.17) is 4.98 Å². The molecule has 5 rings (SSSR count). The molecule has 1 aliphatic heterocycles. The first-order valence-corrected chi connectivity index (χ1v) is 18.2. The number of nitrogens with zero attached hydrogens (tertiary/aromatic N) is 2. The molecule has 0 unspecified atom stereocenters. The molecule has 3 heterocycles. The molecule has 244 valence electrons. The average Bonchev–Trinajstić information content (AvgIpc) is 3.29. The van der Waals surface area contributed by atoms with Crippen LogP contribution in [0.5, 0.6) is 0 Å². The number of aromatic nitrogens is 2. The van der Waals surface area contributed by atoms with Gasteiger partial charge in [0.2, 0.25) is 0 Å². The highest BCUT2D eigenvalue weighted by Gasteiger charge is 2.32. The first-order chi connectivity index (χ1) is 21.9. The minimum atomic E-state index is -0.967. The molecule has 1 saturated carbocycles. The highest BCUT2D eigenvalue weighted by molar-refractivity contribution is 7.91. The summed E-state index contributed by atoms with van der Waals surface area (Å²) in [6.45, 7) is 12.3. The first-order valence-electron chi connectivity index (χ1n) is 16.7. The summed E-state index contributed by atoms with van der Waals surface area (Å²) in [4.78, 5) is 31.0. The van der Waals surface area contributed by atoms with E-state index < -0.39 is 17.1 Å². The molecule has 1 saturated heterocycles.